The highest BCUT2D eigenvalue weighted by Crippen LogP contribution is 2.28. The summed E-state index contributed by atoms with van der Waals surface area (Å²) >= 11 is 0. The van der Waals surface area contributed by atoms with Crippen LogP contribution in [0, 0.1) is 10.1 Å². The van der Waals surface area contributed by atoms with Crippen LogP contribution in [0.3, 0.4) is 0 Å². The Morgan fingerprint density at radius 2 is 1.95 bits per heavy atom. The second kappa shape index (κ2) is 6.65. The van der Waals surface area contributed by atoms with Crippen molar-refractivity contribution in [3.05, 3.63) is 46.3 Å². The zero-order valence-electron chi connectivity index (χ0n) is 11.9. The molecule has 21 heavy (non-hydrogen) atoms. The van der Waals surface area contributed by atoms with Crippen molar-refractivity contribution in [3.63, 3.8) is 0 Å². The van der Waals surface area contributed by atoms with Crippen LogP contribution >= 0.6 is 0 Å². The van der Waals surface area contributed by atoms with Gasteiger partial charge in [-0.2, -0.15) is 0 Å². The molecule has 0 spiro atoms. The van der Waals surface area contributed by atoms with Gasteiger partial charge in [0.2, 0.25) is 5.88 Å². The van der Waals surface area contributed by atoms with Crippen LogP contribution in [0.15, 0.2) is 30.6 Å². The molecule has 1 aromatic heterocycles. The van der Waals surface area contributed by atoms with Gasteiger partial charge in [0.15, 0.2) is 0 Å². The SMILES string of the molecule is CCNc1ncnc(Oc2ccc([N+](=O)[O-])cc2)c1CC. The first kappa shape index (κ1) is 14.7. The van der Waals surface area contributed by atoms with Crippen LogP contribution in [0.4, 0.5) is 11.5 Å². The zero-order valence-corrected chi connectivity index (χ0v) is 11.9. The molecule has 0 bridgehead atoms. The quantitative estimate of drug-likeness (QED) is 0.648. The Morgan fingerprint density at radius 3 is 2.52 bits per heavy atom. The summed E-state index contributed by atoms with van der Waals surface area (Å²) in [6.07, 6.45) is 2.14. The van der Waals surface area contributed by atoms with Gasteiger partial charge in [-0.15, -0.1) is 0 Å². The smallest absolute Gasteiger partial charge is 0.269 e. The molecule has 110 valence electrons. The van der Waals surface area contributed by atoms with Crippen LogP contribution in [-0.4, -0.2) is 21.4 Å². The summed E-state index contributed by atoms with van der Waals surface area (Å²) in [6, 6.07) is 5.89. The Hall–Kier alpha value is -2.70. The van der Waals surface area contributed by atoms with Crippen molar-refractivity contribution < 1.29 is 9.66 Å². The number of nitro benzene ring substituents is 1. The zero-order chi connectivity index (χ0) is 15.2. The van der Waals surface area contributed by atoms with Gasteiger partial charge < -0.3 is 10.1 Å². The maximum Gasteiger partial charge on any atom is 0.269 e. The first-order valence-electron chi connectivity index (χ1n) is 6.65. The third kappa shape index (κ3) is 3.44. The lowest BCUT2D eigenvalue weighted by atomic mass is 10.2. The van der Waals surface area contributed by atoms with Gasteiger partial charge in [-0.05, 0) is 25.5 Å². The van der Waals surface area contributed by atoms with Crippen molar-refractivity contribution in [1.82, 2.24) is 9.97 Å². The summed E-state index contributed by atoms with van der Waals surface area (Å²) in [5.74, 6) is 1.70. The lowest BCUT2D eigenvalue weighted by Gasteiger charge is -2.12. The second-order valence-corrected chi connectivity index (χ2v) is 4.24. The van der Waals surface area contributed by atoms with E-state index in [9.17, 15) is 10.1 Å². The molecule has 2 rings (SSSR count). The standard InChI is InChI=1S/C14H16N4O3/c1-3-12-13(15-4-2)16-9-17-14(12)21-11-7-5-10(6-8-11)18(19)20/h5-9H,3-4H2,1-2H3,(H,15,16,17). The molecule has 2 aromatic rings. The van der Waals surface area contributed by atoms with E-state index < -0.39 is 4.92 Å². The van der Waals surface area contributed by atoms with Gasteiger partial charge in [-0.3, -0.25) is 10.1 Å². The Morgan fingerprint density at radius 1 is 1.24 bits per heavy atom. The normalized spacial score (nSPS) is 10.2. The maximum absolute atomic E-state index is 10.6. The predicted octanol–water partition coefficient (Wildman–Crippen LogP) is 3.17. The fraction of sp³-hybridized carbons (Fsp3) is 0.286. The van der Waals surface area contributed by atoms with E-state index >= 15 is 0 Å². The molecule has 1 heterocycles. The minimum atomic E-state index is -0.449. The van der Waals surface area contributed by atoms with Crippen LogP contribution in [0.25, 0.3) is 0 Å². The molecule has 1 N–H and O–H groups in total. The third-order valence-corrected chi connectivity index (χ3v) is 2.87. The molecule has 0 fully saturated rings. The molecule has 7 heteroatoms. The number of benzene rings is 1. The molecule has 0 aliphatic heterocycles. The Labute approximate surface area is 122 Å². The van der Waals surface area contributed by atoms with Crippen molar-refractivity contribution in [2.45, 2.75) is 20.3 Å². The van der Waals surface area contributed by atoms with Gasteiger partial charge in [0, 0.05) is 18.7 Å². The molecule has 0 saturated carbocycles. The number of aromatic nitrogens is 2. The number of nitrogens with one attached hydrogen (secondary N) is 1. The number of rotatable bonds is 6. The highest BCUT2D eigenvalue weighted by Gasteiger charge is 2.12. The van der Waals surface area contributed by atoms with Crippen molar-refractivity contribution in [2.24, 2.45) is 0 Å². The average Bonchev–Trinajstić information content (AvgIpc) is 2.48. The van der Waals surface area contributed by atoms with Gasteiger partial charge >= 0.3 is 0 Å². The molecule has 0 unspecified atom stereocenters. The lowest BCUT2D eigenvalue weighted by molar-refractivity contribution is -0.384. The largest absolute Gasteiger partial charge is 0.439 e. The molecular formula is C14H16N4O3. The van der Waals surface area contributed by atoms with Crippen molar-refractivity contribution >= 4 is 11.5 Å². The molecular weight excluding hydrogens is 272 g/mol. The number of nitrogens with zero attached hydrogens (tertiary/aromatic N) is 3. The minimum absolute atomic E-state index is 0.0223. The van der Waals surface area contributed by atoms with Gasteiger partial charge in [-0.25, -0.2) is 9.97 Å². The van der Waals surface area contributed by atoms with Gasteiger partial charge in [0.25, 0.3) is 5.69 Å². The van der Waals surface area contributed by atoms with E-state index in [1.54, 1.807) is 12.1 Å². The first-order chi connectivity index (χ1) is 10.2. The molecule has 0 amide bonds. The number of hydrogen-bond donors (Lipinski definition) is 1. The molecule has 0 atom stereocenters. The van der Waals surface area contributed by atoms with E-state index in [1.165, 1.54) is 18.5 Å². The second-order valence-electron chi connectivity index (χ2n) is 4.24. The first-order valence-corrected chi connectivity index (χ1v) is 6.65. The highest BCUT2D eigenvalue weighted by atomic mass is 16.6. The topological polar surface area (TPSA) is 90.2 Å². The average molecular weight is 288 g/mol. The maximum atomic E-state index is 10.6. The van der Waals surface area contributed by atoms with E-state index in [0.717, 1.165) is 17.9 Å². The van der Waals surface area contributed by atoms with Crippen LogP contribution in [0.1, 0.15) is 19.4 Å². The lowest BCUT2D eigenvalue weighted by Crippen LogP contribution is -2.05. The number of nitro groups is 1. The van der Waals surface area contributed by atoms with Crippen molar-refractivity contribution in [1.29, 1.82) is 0 Å². The van der Waals surface area contributed by atoms with Crippen molar-refractivity contribution in [3.8, 4) is 11.6 Å². The Kier molecular flexibility index (Phi) is 4.65. The van der Waals surface area contributed by atoms with E-state index in [2.05, 4.69) is 15.3 Å². The molecule has 1 aromatic carbocycles. The molecule has 0 radical (unpaired) electrons. The number of non-ortho nitro benzene ring substituents is 1. The molecule has 0 aliphatic carbocycles. The van der Waals surface area contributed by atoms with Gasteiger partial charge in [0.1, 0.15) is 17.9 Å². The summed E-state index contributed by atoms with van der Waals surface area (Å²) in [7, 11) is 0. The number of anilines is 1. The summed E-state index contributed by atoms with van der Waals surface area (Å²) in [5.41, 5.74) is 0.895. The molecule has 0 saturated heterocycles. The Balaban J connectivity index is 2.26. The third-order valence-electron chi connectivity index (χ3n) is 2.87. The summed E-state index contributed by atoms with van der Waals surface area (Å²) < 4.78 is 5.71. The predicted molar refractivity (Wildman–Crippen MR) is 78.7 cm³/mol. The summed E-state index contributed by atoms with van der Waals surface area (Å²) in [4.78, 5) is 18.5. The monoisotopic (exact) mass is 288 g/mol. The van der Waals surface area contributed by atoms with Gasteiger partial charge in [-0.1, -0.05) is 6.92 Å². The van der Waals surface area contributed by atoms with Crippen LogP contribution in [0.2, 0.25) is 0 Å². The van der Waals surface area contributed by atoms with E-state index in [0.29, 0.717) is 18.1 Å². The Bertz CT molecular complexity index is 629. The van der Waals surface area contributed by atoms with Gasteiger partial charge in [0.05, 0.1) is 10.5 Å². The fourth-order valence-corrected chi connectivity index (χ4v) is 1.87. The van der Waals surface area contributed by atoms with Crippen LogP contribution in [-0.2, 0) is 6.42 Å². The minimum Gasteiger partial charge on any atom is -0.439 e. The van der Waals surface area contributed by atoms with E-state index in [1.807, 2.05) is 13.8 Å². The summed E-state index contributed by atoms with van der Waals surface area (Å²) in [5, 5.41) is 13.8. The van der Waals surface area contributed by atoms with Crippen LogP contribution in [0.5, 0.6) is 11.6 Å². The van der Waals surface area contributed by atoms with E-state index in [-0.39, 0.29) is 5.69 Å². The number of ether oxygens (including phenoxy) is 1. The van der Waals surface area contributed by atoms with Crippen LogP contribution < -0.4 is 10.1 Å². The molecule has 7 nitrogen and oxygen atoms in total. The van der Waals surface area contributed by atoms with E-state index in [4.69, 9.17) is 4.74 Å². The summed E-state index contributed by atoms with van der Waals surface area (Å²) in [6.45, 7) is 4.72. The highest BCUT2D eigenvalue weighted by molar-refractivity contribution is 5.50. The molecule has 0 aliphatic rings. The number of hydrogen-bond acceptors (Lipinski definition) is 6. The fourth-order valence-electron chi connectivity index (χ4n) is 1.87. The van der Waals surface area contributed by atoms with Crippen molar-refractivity contribution in [2.75, 3.05) is 11.9 Å².